The summed E-state index contributed by atoms with van der Waals surface area (Å²) in [4.78, 5) is 24.1. The molecule has 1 aliphatic rings. The molecule has 3 aromatic rings. The summed E-state index contributed by atoms with van der Waals surface area (Å²) in [7, 11) is 0. The fraction of sp³-hybridized carbons (Fsp3) is 0.167. The molecule has 0 aromatic heterocycles. The second kappa shape index (κ2) is 9.00. The number of fused-ring (bicyclic) bond motifs is 3. The molecule has 1 atom stereocenters. The summed E-state index contributed by atoms with van der Waals surface area (Å²) in [6, 6.07) is 16.5. The van der Waals surface area contributed by atoms with Crippen molar-refractivity contribution in [3.63, 3.8) is 0 Å². The molecule has 0 saturated heterocycles. The van der Waals surface area contributed by atoms with Crippen LogP contribution < -0.4 is 5.32 Å². The molecule has 1 amide bonds. The Morgan fingerprint density at radius 1 is 1.06 bits per heavy atom. The third kappa shape index (κ3) is 4.31. The van der Waals surface area contributed by atoms with E-state index in [1.807, 2.05) is 48.5 Å². The van der Waals surface area contributed by atoms with Crippen LogP contribution in [0.5, 0.6) is 5.75 Å². The zero-order valence-corrected chi connectivity index (χ0v) is 18.3. The minimum absolute atomic E-state index is 0.0412. The van der Waals surface area contributed by atoms with Crippen LogP contribution in [0, 0.1) is 5.82 Å². The van der Waals surface area contributed by atoms with E-state index in [1.54, 1.807) is 0 Å². The summed E-state index contributed by atoms with van der Waals surface area (Å²) in [6.45, 7) is 0.0412. The first kappa shape index (κ1) is 21.8. The van der Waals surface area contributed by atoms with E-state index in [-0.39, 0.29) is 29.0 Å². The molecule has 0 bridgehead atoms. The molecular weight excluding hydrogens is 481 g/mol. The molecule has 0 heterocycles. The lowest BCUT2D eigenvalue weighted by Gasteiger charge is -2.18. The zero-order valence-electron chi connectivity index (χ0n) is 16.7. The monoisotopic (exact) mass is 499 g/mol. The summed E-state index contributed by atoms with van der Waals surface area (Å²) in [5.74, 6) is -2.54. The number of amides is 1. The Labute approximate surface area is 191 Å². The number of hydrogen-bond acceptors (Lipinski definition) is 4. The van der Waals surface area contributed by atoms with Crippen molar-refractivity contribution >= 4 is 28.0 Å². The summed E-state index contributed by atoms with van der Waals surface area (Å²) >= 11 is 3.00. The highest BCUT2D eigenvalue weighted by Gasteiger charge is 2.30. The van der Waals surface area contributed by atoms with Gasteiger partial charge in [0.25, 0.3) is 0 Å². The van der Waals surface area contributed by atoms with Gasteiger partial charge in [0.1, 0.15) is 24.2 Å². The molecule has 3 N–H and O–H groups in total. The molecule has 1 unspecified atom stereocenters. The highest BCUT2D eigenvalue weighted by molar-refractivity contribution is 9.10. The number of halogens is 2. The quantitative estimate of drug-likeness (QED) is 0.451. The van der Waals surface area contributed by atoms with E-state index in [9.17, 15) is 24.2 Å². The smallest absolute Gasteiger partial charge is 0.407 e. The number of carboxylic acids is 1. The van der Waals surface area contributed by atoms with Gasteiger partial charge < -0.3 is 20.3 Å². The number of carbonyl (C=O) groups is 2. The van der Waals surface area contributed by atoms with E-state index >= 15 is 0 Å². The maximum absolute atomic E-state index is 13.5. The number of alkyl carbamates (subject to hydrolysis) is 1. The number of phenols is 1. The molecule has 4 rings (SSSR count). The molecular formula is C24H19BrFNO5. The molecule has 0 spiro atoms. The van der Waals surface area contributed by atoms with Gasteiger partial charge in [0.05, 0.1) is 4.47 Å². The third-order valence-corrected chi connectivity index (χ3v) is 6.09. The predicted molar refractivity (Wildman–Crippen MR) is 119 cm³/mol. The molecule has 8 heteroatoms. The van der Waals surface area contributed by atoms with Crippen LogP contribution in [0.3, 0.4) is 0 Å². The van der Waals surface area contributed by atoms with Crippen LogP contribution in [0.1, 0.15) is 22.6 Å². The SMILES string of the molecule is O=C(NC(Cc1cc(Br)c(F)cc1O)C(=O)O)OCC1c2ccccc2-c2ccccc21. The fourth-order valence-electron chi connectivity index (χ4n) is 3.94. The van der Waals surface area contributed by atoms with Gasteiger partial charge in [0.2, 0.25) is 0 Å². The first-order valence-electron chi connectivity index (χ1n) is 9.86. The van der Waals surface area contributed by atoms with Crippen LogP contribution in [0.15, 0.2) is 65.1 Å². The van der Waals surface area contributed by atoms with E-state index in [0.29, 0.717) is 0 Å². The van der Waals surface area contributed by atoms with Gasteiger partial charge in [-0.15, -0.1) is 0 Å². The molecule has 0 radical (unpaired) electrons. The number of hydrogen-bond donors (Lipinski definition) is 3. The standard InChI is InChI=1S/C24H19BrFNO5/c25-19-9-13(22(28)11-20(19)26)10-21(23(29)30)27-24(31)32-12-18-16-7-3-1-5-14(16)15-6-2-4-8-17(15)18/h1-9,11,18,21,28H,10,12H2,(H,27,31)(H,29,30). The van der Waals surface area contributed by atoms with E-state index < -0.39 is 29.7 Å². The van der Waals surface area contributed by atoms with Crippen LogP contribution >= 0.6 is 15.9 Å². The molecule has 164 valence electrons. The van der Waals surface area contributed by atoms with Crippen molar-refractivity contribution in [1.82, 2.24) is 5.32 Å². The Balaban J connectivity index is 1.45. The van der Waals surface area contributed by atoms with Gasteiger partial charge in [-0.1, -0.05) is 48.5 Å². The Kier molecular flexibility index (Phi) is 6.14. The molecule has 0 aliphatic heterocycles. The molecule has 0 saturated carbocycles. The number of carboxylic acid groups (broad SMARTS) is 1. The Morgan fingerprint density at radius 2 is 1.66 bits per heavy atom. The van der Waals surface area contributed by atoms with Crippen LogP contribution in [0.25, 0.3) is 11.1 Å². The molecule has 3 aromatic carbocycles. The lowest BCUT2D eigenvalue weighted by molar-refractivity contribution is -0.139. The lowest BCUT2D eigenvalue weighted by Crippen LogP contribution is -2.43. The summed E-state index contributed by atoms with van der Waals surface area (Å²) in [5, 5.41) is 21.7. The van der Waals surface area contributed by atoms with E-state index in [1.165, 1.54) is 6.07 Å². The first-order valence-corrected chi connectivity index (χ1v) is 10.7. The van der Waals surface area contributed by atoms with Gasteiger partial charge in [-0.05, 0) is 49.8 Å². The second-order valence-electron chi connectivity index (χ2n) is 7.46. The van der Waals surface area contributed by atoms with Crippen LogP contribution in [0.2, 0.25) is 0 Å². The van der Waals surface area contributed by atoms with Crippen molar-refractivity contribution in [2.45, 2.75) is 18.4 Å². The molecule has 0 fully saturated rings. The Morgan fingerprint density at radius 3 is 2.25 bits per heavy atom. The summed E-state index contributed by atoms with van der Waals surface area (Å²) in [5.41, 5.74) is 4.41. The van der Waals surface area contributed by atoms with Gasteiger partial charge in [-0.25, -0.2) is 14.0 Å². The Bertz CT molecular complexity index is 1150. The number of rotatable bonds is 6. The van der Waals surface area contributed by atoms with Gasteiger partial charge in [0, 0.05) is 18.4 Å². The number of aliphatic carboxylic acids is 1. The number of phenolic OH excluding ortho intramolecular Hbond substituents is 1. The second-order valence-corrected chi connectivity index (χ2v) is 8.31. The van der Waals surface area contributed by atoms with Crippen molar-refractivity contribution in [1.29, 1.82) is 0 Å². The van der Waals surface area contributed by atoms with Gasteiger partial charge in [-0.2, -0.15) is 0 Å². The number of aromatic hydroxyl groups is 1. The fourth-order valence-corrected chi connectivity index (χ4v) is 4.33. The average molecular weight is 500 g/mol. The molecule has 32 heavy (non-hydrogen) atoms. The number of ether oxygens (including phenoxy) is 1. The topological polar surface area (TPSA) is 95.9 Å². The molecule has 1 aliphatic carbocycles. The third-order valence-electron chi connectivity index (χ3n) is 5.48. The maximum Gasteiger partial charge on any atom is 0.407 e. The van der Waals surface area contributed by atoms with Gasteiger partial charge in [-0.3, -0.25) is 0 Å². The highest BCUT2D eigenvalue weighted by Crippen LogP contribution is 2.44. The summed E-state index contributed by atoms with van der Waals surface area (Å²) in [6.07, 6.45) is -1.13. The number of benzene rings is 3. The van der Waals surface area contributed by atoms with Crippen LogP contribution in [-0.4, -0.2) is 34.9 Å². The summed E-state index contributed by atoms with van der Waals surface area (Å²) < 4.78 is 19.0. The normalized spacial score (nSPS) is 13.2. The van der Waals surface area contributed by atoms with Gasteiger partial charge >= 0.3 is 12.1 Å². The van der Waals surface area contributed by atoms with Crippen molar-refractivity contribution in [3.8, 4) is 16.9 Å². The highest BCUT2D eigenvalue weighted by atomic mass is 79.9. The van der Waals surface area contributed by atoms with E-state index in [4.69, 9.17) is 4.74 Å². The zero-order chi connectivity index (χ0) is 22.8. The van der Waals surface area contributed by atoms with Crippen molar-refractivity contribution in [2.75, 3.05) is 6.61 Å². The minimum atomic E-state index is -1.37. The molecule has 6 nitrogen and oxygen atoms in total. The van der Waals surface area contributed by atoms with E-state index in [0.717, 1.165) is 28.3 Å². The largest absolute Gasteiger partial charge is 0.508 e. The van der Waals surface area contributed by atoms with Crippen molar-refractivity contribution in [3.05, 3.63) is 87.6 Å². The first-order chi connectivity index (χ1) is 15.3. The maximum atomic E-state index is 13.5. The number of nitrogens with one attached hydrogen (secondary N) is 1. The Hall–Kier alpha value is -3.39. The van der Waals surface area contributed by atoms with Crippen LogP contribution in [-0.2, 0) is 16.0 Å². The van der Waals surface area contributed by atoms with Gasteiger partial charge in [0.15, 0.2) is 0 Å². The van der Waals surface area contributed by atoms with Crippen LogP contribution in [0.4, 0.5) is 9.18 Å². The predicted octanol–water partition coefficient (Wildman–Crippen LogP) is 4.83. The van der Waals surface area contributed by atoms with Crippen molar-refractivity contribution in [2.24, 2.45) is 0 Å². The minimum Gasteiger partial charge on any atom is -0.508 e. The van der Waals surface area contributed by atoms with Crippen molar-refractivity contribution < 1.29 is 28.9 Å². The van der Waals surface area contributed by atoms with E-state index in [2.05, 4.69) is 21.2 Å². The lowest BCUT2D eigenvalue weighted by atomic mass is 9.98. The number of carbonyl (C=O) groups excluding carboxylic acids is 1. The average Bonchev–Trinajstić information content (AvgIpc) is 3.09.